The van der Waals surface area contributed by atoms with Crippen LogP contribution in [0.25, 0.3) is 0 Å². The highest BCUT2D eigenvalue weighted by atomic mass is 32.2. The summed E-state index contributed by atoms with van der Waals surface area (Å²) in [6, 6.07) is 4.09. The van der Waals surface area contributed by atoms with E-state index in [1.54, 1.807) is 19.1 Å². The molecule has 4 nitrogen and oxygen atoms in total. The molecule has 1 aromatic rings. The molecule has 0 unspecified atom stereocenters. The van der Waals surface area contributed by atoms with Gasteiger partial charge in [-0.05, 0) is 56.7 Å². The first-order chi connectivity index (χ1) is 11.9. The van der Waals surface area contributed by atoms with Crippen molar-refractivity contribution in [1.82, 2.24) is 4.72 Å². The van der Waals surface area contributed by atoms with E-state index in [0.717, 1.165) is 12.8 Å². The summed E-state index contributed by atoms with van der Waals surface area (Å²) in [6.45, 7) is 4.12. The molecule has 0 amide bonds. The largest absolute Gasteiger partial charge is 0.490 e. The summed E-state index contributed by atoms with van der Waals surface area (Å²) in [4.78, 5) is 0. The van der Waals surface area contributed by atoms with E-state index in [1.807, 2.05) is 19.1 Å². The fraction of sp³-hybridized carbons (Fsp3) is 0.579. The third-order valence-electron chi connectivity index (χ3n) is 4.55. The molecule has 1 N–H and O–H groups in total. The lowest BCUT2D eigenvalue weighted by atomic mass is 10.1. The Morgan fingerprint density at radius 3 is 2.76 bits per heavy atom. The van der Waals surface area contributed by atoms with Crippen molar-refractivity contribution >= 4 is 10.0 Å². The van der Waals surface area contributed by atoms with Crippen molar-refractivity contribution in [2.24, 2.45) is 5.92 Å². The molecular formula is C19H28FNO3S. The monoisotopic (exact) mass is 369 g/mol. The van der Waals surface area contributed by atoms with Crippen LogP contribution in [0.3, 0.4) is 0 Å². The Morgan fingerprint density at radius 1 is 1.36 bits per heavy atom. The predicted octanol–water partition coefficient (Wildman–Crippen LogP) is 4.34. The number of hydrogen-bond acceptors (Lipinski definition) is 3. The molecule has 0 aromatic heterocycles. The fourth-order valence-electron chi connectivity index (χ4n) is 3.07. The summed E-state index contributed by atoms with van der Waals surface area (Å²) < 4.78 is 46.5. The van der Waals surface area contributed by atoms with Crippen molar-refractivity contribution in [2.75, 3.05) is 12.4 Å². The number of halogens is 1. The van der Waals surface area contributed by atoms with Crippen molar-refractivity contribution in [3.8, 4) is 5.75 Å². The topological polar surface area (TPSA) is 55.4 Å². The number of nitrogens with one attached hydrogen (secondary N) is 1. The SMILES string of the molecule is C/C=C/CCS(=O)(=O)N[C@H](C)c1ccc(F)c(OCC2CCCC2)c1. The van der Waals surface area contributed by atoms with Gasteiger partial charge in [0.15, 0.2) is 11.6 Å². The highest BCUT2D eigenvalue weighted by Crippen LogP contribution is 2.28. The zero-order valence-corrected chi connectivity index (χ0v) is 15.8. The molecule has 0 aliphatic heterocycles. The van der Waals surface area contributed by atoms with E-state index < -0.39 is 21.9 Å². The summed E-state index contributed by atoms with van der Waals surface area (Å²) in [6.07, 6.45) is 8.79. The Bertz CT molecular complexity index is 682. The quantitative estimate of drug-likeness (QED) is 0.659. The fourth-order valence-corrected chi connectivity index (χ4v) is 4.31. The van der Waals surface area contributed by atoms with Crippen LogP contribution in [0.5, 0.6) is 5.75 Å². The molecule has 1 aliphatic rings. The van der Waals surface area contributed by atoms with Gasteiger partial charge in [-0.1, -0.05) is 31.1 Å². The normalized spacial score (nSPS) is 17.2. The summed E-state index contributed by atoms with van der Waals surface area (Å²) in [5.41, 5.74) is 0.692. The van der Waals surface area contributed by atoms with Gasteiger partial charge in [0, 0.05) is 6.04 Å². The molecule has 0 radical (unpaired) electrons. The van der Waals surface area contributed by atoms with Crippen LogP contribution in [0.2, 0.25) is 0 Å². The van der Waals surface area contributed by atoms with E-state index in [2.05, 4.69) is 4.72 Å². The molecule has 1 saturated carbocycles. The number of rotatable bonds is 9. The number of benzene rings is 1. The third-order valence-corrected chi connectivity index (χ3v) is 6.04. The zero-order valence-electron chi connectivity index (χ0n) is 15.0. The van der Waals surface area contributed by atoms with E-state index in [1.165, 1.54) is 18.9 Å². The van der Waals surface area contributed by atoms with Gasteiger partial charge in [-0.3, -0.25) is 0 Å². The van der Waals surface area contributed by atoms with Crippen LogP contribution in [0.1, 0.15) is 57.6 Å². The first kappa shape index (κ1) is 19.9. The maximum absolute atomic E-state index is 14.0. The van der Waals surface area contributed by atoms with Gasteiger partial charge in [0.1, 0.15) is 0 Å². The summed E-state index contributed by atoms with van der Waals surface area (Å²) in [5.74, 6) is 0.313. The maximum Gasteiger partial charge on any atom is 0.212 e. The van der Waals surface area contributed by atoms with E-state index in [0.29, 0.717) is 24.5 Å². The van der Waals surface area contributed by atoms with Crippen LogP contribution in [0.15, 0.2) is 30.4 Å². The highest BCUT2D eigenvalue weighted by molar-refractivity contribution is 7.89. The number of hydrogen-bond donors (Lipinski definition) is 1. The molecule has 1 atom stereocenters. The van der Waals surface area contributed by atoms with Gasteiger partial charge < -0.3 is 4.74 Å². The second-order valence-corrected chi connectivity index (χ2v) is 8.54. The molecule has 1 fully saturated rings. The minimum atomic E-state index is -3.39. The van der Waals surface area contributed by atoms with Gasteiger partial charge in [-0.2, -0.15) is 0 Å². The number of sulfonamides is 1. The van der Waals surface area contributed by atoms with Crippen LogP contribution in [-0.4, -0.2) is 20.8 Å². The Balaban J connectivity index is 1.99. The maximum atomic E-state index is 14.0. The Hall–Kier alpha value is -1.40. The van der Waals surface area contributed by atoms with Gasteiger partial charge in [0.05, 0.1) is 12.4 Å². The van der Waals surface area contributed by atoms with Crippen LogP contribution >= 0.6 is 0 Å². The summed E-state index contributed by atoms with van der Waals surface area (Å²) >= 11 is 0. The molecule has 0 spiro atoms. The van der Waals surface area contributed by atoms with Gasteiger partial charge in [-0.25, -0.2) is 17.5 Å². The van der Waals surface area contributed by atoms with Crippen molar-refractivity contribution in [3.05, 3.63) is 41.7 Å². The van der Waals surface area contributed by atoms with Crippen LogP contribution in [-0.2, 0) is 10.0 Å². The van der Waals surface area contributed by atoms with Crippen LogP contribution < -0.4 is 9.46 Å². The summed E-state index contributed by atoms with van der Waals surface area (Å²) in [5, 5.41) is 0. The zero-order chi connectivity index (χ0) is 18.3. The van der Waals surface area contributed by atoms with E-state index in [-0.39, 0.29) is 11.5 Å². The molecule has 140 valence electrons. The average Bonchev–Trinajstić information content (AvgIpc) is 3.07. The third kappa shape index (κ3) is 6.44. The Kier molecular flexibility index (Phi) is 7.44. The second kappa shape index (κ2) is 9.34. The van der Waals surface area contributed by atoms with E-state index >= 15 is 0 Å². The van der Waals surface area contributed by atoms with Crippen molar-refractivity contribution in [2.45, 2.75) is 52.0 Å². The molecular weight excluding hydrogens is 341 g/mol. The average molecular weight is 370 g/mol. The lowest BCUT2D eigenvalue weighted by Crippen LogP contribution is -2.29. The van der Waals surface area contributed by atoms with Crippen molar-refractivity contribution < 1.29 is 17.5 Å². The second-order valence-electron chi connectivity index (χ2n) is 6.67. The molecule has 0 saturated heterocycles. The van der Waals surface area contributed by atoms with Gasteiger partial charge in [0.2, 0.25) is 10.0 Å². The highest BCUT2D eigenvalue weighted by Gasteiger charge is 2.19. The van der Waals surface area contributed by atoms with Crippen LogP contribution in [0.4, 0.5) is 4.39 Å². The van der Waals surface area contributed by atoms with Gasteiger partial charge >= 0.3 is 0 Å². The van der Waals surface area contributed by atoms with Crippen molar-refractivity contribution in [1.29, 1.82) is 0 Å². The predicted molar refractivity (Wildman–Crippen MR) is 98.6 cm³/mol. The Labute approximate surface area is 150 Å². The van der Waals surface area contributed by atoms with Gasteiger partial charge in [0.25, 0.3) is 0 Å². The molecule has 1 aliphatic carbocycles. The smallest absolute Gasteiger partial charge is 0.212 e. The lowest BCUT2D eigenvalue weighted by Gasteiger charge is -2.17. The van der Waals surface area contributed by atoms with Crippen molar-refractivity contribution in [3.63, 3.8) is 0 Å². The number of ether oxygens (including phenoxy) is 1. The molecule has 0 bridgehead atoms. The Morgan fingerprint density at radius 2 is 2.08 bits per heavy atom. The molecule has 1 aromatic carbocycles. The summed E-state index contributed by atoms with van der Waals surface area (Å²) in [7, 11) is -3.39. The van der Waals surface area contributed by atoms with E-state index in [9.17, 15) is 12.8 Å². The molecule has 0 heterocycles. The minimum Gasteiger partial charge on any atom is -0.490 e. The van der Waals surface area contributed by atoms with E-state index in [4.69, 9.17) is 4.74 Å². The standard InChI is InChI=1S/C19H28FNO3S/c1-3-4-7-12-25(22,23)21-15(2)17-10-11-18(20)19(13-17)24-14-16-8-5-6-9-16/h3-4,10-11,13,15-16,21H,5-9,12,14H2,1-2H3/b4-3+/t15-/m1/s1. The van der Waals surface area contributed by atoms with Crippen LogP contribution in [0, 0.1) is 11.7 Å². The molecule has 25 heavy (non-hydrogen) atoms. The molecule has 6 heteroatoms. The molecule has 2 rings (SSSR count). The minimum absolute atomic E-state index is 0.0356. The lowest BCUT2D eigenvalue weighted by molar-refractivity contribution is 0.242. The first-order valence-electron chi connectivity index (χ1n) is 8.94. The number of allylic oxidation sites excluding steroid dienone is 2. The first-order valence-corrected chi connectivity index (χ1v) is 10.6. The van der Waals surface area contributed by atoms with Gasteiger partial charge in [-0.15, -0.1) is 0 Å².